The number of aryl methyl sites for hydroxylation is 1. The van der Waals surface area contributed by atoms with Crippen LogP contribution in [0.1, 0.15) is 10.4 Å². The van der Waals surface area contributed by atoms with Crippen LogP contribution >= 0.6 is 0 Å². The summed E-state index contributed by atoms with van der Waals surface area (Å²) in [6.07, 6.45) is 3.55. The number of rotatable bonds is 2. The average Bonchev–Trinajstić information content (AvgIpc) is 3.14. The van der Waals surface area contributed by atoms with Crippen LogP contribution in [0.3, 0.4) is 0 Å². The number of carbonyl (C=O) groups excluding carboxylic acids is 1. The molecule has 3 heterocycles. The molecule has 0 saturated carbocycles. The maximum atomic E-state index is 12.0. The number of anilines is 1. The predicted octanol–water partition coefficient (Wildman–Crippen LogP) is 1.65. The van der Waals surface area contributed by atoms with Crippen molar-refractivity contribution in [2.45, 2.75) is 0 Å². The van der Waals surface area contributed by atoms with Gasteiger partial charge in [-0.1, -0.05) is 0 Å². The number of fused-ring (bicyclic) bond motifs is 2. The quantitative estimate of drug-likeness (QED) is 0.563. The number of hydrogen-bond acceptors (Lipinski definition) is 6. The van der Waals surface area contributed by atoms with Gasteiger partial charge in [0.2, 0.25) is 5.95 Å². The predicted molar refractivity (Wildman–Crippen MR) is 88.4 cm³/mol. The third-order valence-corrected chi connectivity index (χ3v) is 3.95. The summed E-state index contributed by atoms with van der Waals surface area (Å²) in [5.74, 6) is -0.186. The number of nitrogen functional groups attached to an aromatic ring is 1. The monoisotopic (exact) mass is 322 g/mol. The van der Waals surface area contributed by atoms with E-state index in [9.17, 15) is 4.79 Å². The molecule has 4 aromatic rings. The number of ether oxygens (including phenoxy) is 1. The number of esters is 1. The van der Waals surface area contributed by atoms with Crippen LogP contribution in [-0.2, 0) is 11.8 Å². The number of nitrogens with zero attached hydrogens (tertiary/aromatic N) is 5. The van der Waals surface area contributed by atoms with E-state index in [1.54, 1.807) is 33.7 Å². The molecule has 24 heavy (non-hydrogen) atoms. The van der Waals surface area contributed by atoms with Crippen molar-refractivity contribution in [1.82, 2.24) is 24.4 Å². The van der Waals surface area contributed by atoms with Crippen molar-refractivity contribution >= 4 is 28.5 Å². The van der Waals surface area contributed by atoms with E-state index in [4.69, 9.17) is 10.5 Å². The third kappa shape index (κ3) is 2.08. The Morgan fingerprint density at radius 2 is 2.12 bits per heavy atom. The van der Waals surface area contributed by atoms with Gasteiger partial charge in [0.25, 0.3) is 0 Å². The Morgan fingerprint density at radius 3 is 2.92 bits per heavy atom. The van der Waals surface area contributed by atoms with Crippen LogP contribution in [-0.4, -0.2) is 37.5 Å². The van der Waals surface area contributed by atoms with Crippen molar-refractivity contribution in [3.05, 3.63) is 42.2 Å². The van der Waals surface area contributed by atoms with Crippen molar-refractivity contribution in [3.63, 3.8) is 0 Å². The number of carbonyl (C=O) groups is 1. The van der Waals surface area contributed by atoms with Crippen LogP contribution in [0.5, 0.6) is 0 Å². The van der Waals surface area contributed by atoms with Gasteiger partial charge in [-0.2, -0.15) is 10.1 Å². The van der Waals surface area contributed by atoms with E-state index >= 15 is 0 Å². The van der Waals surface area contributed by atoms with Crippen LogP contribution in [0.25, 0.3) is 27.7 Å². The van der Waals surface area contributed by atoms with Gasteiger partial charge in [-0.05, 0) is 35.4 Å². The minimum Gasteiger partial charge on any atom is -0.465 e. The molecule has 0 saturated heterocycles. The summed E-state index contributed by atoms with van der Waals surface area (Å²) in [6, 6.07) is 7.32. The van der Waals surface area contributed by atoms with Gasteiger partial charge in [0.05, 0.1) is 24.4 Å². The molecule has 0 unspecified atom stereocenters. The number of aromatic nitrogens is 5. The lowest BCUT2D eigenvalue weighted by atomic mass is 10.00. The van der Waals surface area contributed by atoms with Crippen molar-refractivity contribution in [2.24, 2.45) is 7.05 Å². The lowest BCUT2D eigenvalue weighted by Crippen LogP contribution is -2.02. The largest absolute Gasteiger partial charge is 0.465 e. The zero-order valence-corrected chi connectivity index (χ0v) is 13.1. The topological polar surface area (TPSA) is 100 Å². The number of hydrogen-bond donors (Lipinski definition) is 1. The number of methoxy groups -OCH3 is 1. The average molecular weight is 322 g/mol. The van der Waals surface area contributed by atoms with Crippen LogP contribution < -0.4 is 5.73 Å². The SMILES string of the molecule is COC(=O)c1cc(-c2ccn3nc(N)nc3c2)c2cnn(C)c2c1. The van der Waals surface area contributed by atoms with Crippen LogP contribution in [0.15, 0.2) is 36.7 Å². The van der Waals surface area contributed by atoms with Crippen molar-refractivity contribution in [1.29, 1.82) is 0 Å². The van der Waals surface area contributed by atoms with Crippen LogP contribution in [0, 0.1) is 0 Å². The zero-order valence-electron chi connectivity index (χ0n) is 13.1. The van der Waals surface area contributed by atoms with Gasteiger partial charge >= 0.3 is 5.97 Å². The second-order valence-corrected chi connectivity index (χ2v) is 5.40. The summed E-state index contributed by atoms with van der Waals surface area (Å²) in [6.45, 7) is 0. The molecule has 0 atom stereocenters. The second kappa shape index (κ2) is 5.05. The van der Waals surface area contributed by atoms with Gasteiger partial charge in [0.15, 0.2) is 5.65 Å². The van der Waals surface area contributed by atoms with Crippen molar-refractivity contribution < 1.29 is 9.53 Å². The molecular formula is C16H14N6O2. The maximum Gasteiger partial charge on any atom is 0.337 e. The number of pyridine rings is 1. The molecule has 8 heteroatoms. The first-order valence-corrected chi connectivity index (χ1v) is 7.23. The molecule has 0 bridgehead atoms. The zero-order chi connectivity index (χ0) is 16.8. The van der Waals surface area contributed by atoms with E-state index in [-0.39, 0.29) is 5.95 Å². The second-order valence-electron chi connectivity index (χ2n) is 5.40. The number of benzene rings is 1. The molecule has 8 nitrogen and oxygen atoms in total. The van der Waals surface area contributed by atoms with Gasteiger partial charge in [-0.15, -0.1) is 5.10 Å². The van der Waals surface area contributed by atoms with Crippen LogP contribution in [0.2, 0.25) is 0 Å². The summed E-state index contributed by atoms with van der Waals surface area (Å²) >= 11 is 0. The summed E-state index contributed by atoms with van der Waals surface area (Å²) in [5.41, 5.74) is 9.32. The Morgan fingerprint density at radius 1 is 1.29 bits per heavy atom. The Balaban J connectivity index is 2.00. The van der Waals surface area contributed by atoms with Crippen molar-refractivity contribution in [3.8, 4) is 11.1 Å². The van der Waals surface area contributed by atoms with Gasteiger partial charge in [-0.25, -0.2) is 9.31 Å². The molecule has 0 aliphatic rings. The van der Waals surface area contributed by atoms with Crippen LogP contribution in [0.4, 0.5) is 5.95 Å². The van der Waals surface area contributed by atoms with E-state index in [1.807, 2.05) is 19.2 Å². The van der Waals surface area contributed by atoms with E-state index < -0.39 is 5.97 Å². The summed E-state index contributed by atoms with van der Waals surface area (Å²) in [4.78, 5) is 16.2. The molecule has 0 spiro atoms. The van der Waals surface area contributed by atoms with Gasteiger partial charge in [-0.3, -0.25) is 4.68 Å². The fourth-order valence-electron chi connectivity index (χ4n) is 2.79. The first-order chi connectivity index (χ1) is 11.6. The maximum absolute atomic E-state index is 12.0. The van der Waals surface area contributed by atoms with E-state index in [1.165, 1.54) is 7.11 Å². The Kier molecular flexibility index (Phi) is 2.99. The van der Waals surface area contributed by atoms with Gasteiger partial charge < -0.3 is 10.5 Å². The molecule has 3 aromatic heterocycles. The standard InChI is InChI=1S/C16H14N6O2/c1-21-13-6-10(15(23)24-2)5-11(12(13)8-18-21)9-3-4-22-14(7-9)19-16(17)20-22/h3-8H,1-2H3,(H2,17,20). The van der Waals surface area contributed by atoms with Gasteiger partial charge in [0.1, 0.15) is 0 Å². The van der Waals surface area contributed by atoms with Gasteiger partial charge in [0, 0.05) is 18.6 Å². The van der Waals surface area contributed by atoms with E-state index in [2.05, 4.69) is 15.2 Å². The highest BCUT2D eigenvalue weighted by Crippen LogP contribution is 2.30. The summed E-state index contributed by atoms with van der Waals surface area (Å²) in [7, 11) is 3.19. The first kappa shape index (κ1) is 14.2. The molecule has 0 amide bonds. The molecule has 0 aliphatic carbocycles. The molecule has 0 fully saturated rings. The fourth-order valence-corrected chi connectivity index (χ4v) is 2.79. The van der Waals surface area contributed by atoms with Crippen molar-refractivity contribution in [2.75, 3.05) is 12.8 Å². The molecule has 0 aliphatic heterocycles. The summed E-state index contributed by atoms with van der Waals surface area (Å²) in [5, 5.41) is 9.28. The smallest absolute Gasteiger partial charge is 0.337 e. The van der Waals surface area contributed by atoms with E-state index in [0.717, 1.165) is 22.0 Å². The lowest BCUT2D eigenvalue weighted by molar-refractivity contribution is 0.0601. The summed E-state index contributed by atoms with van der Waals surface area (Å²) < 4.78 is 8.18. The Hall–Kier alpha value is -3.42. The minimum absolute atomic E-state index is 0.210. The minimum atomic E-state index is -0.396. The highest BCUT2D eigenvalue weighted by molar-refractivity contribution is 6.02. The molecule has 0 radical (unpaired) electrons. The fraction of sp³-hybridized carbons (Fsp3) is 0.125. The third-order valence-electron chi connectivity index (χ3n) is 3.95. The molecular weight excluding hydrogens is 308 g/mol. The Labute approximate surface area is 136 Å². The highest BCUT2D eigenvalue weighted by Gasteiger charge is 2.15. The number of nitrogens with two attached hydrogens (primary N) is 1. The normalized spacial score (nSPS) is 11.2. The molecule has 4 rings (SSSR count). The van der Waals surface area contributed by atoms with E-state index in [0.29, 0.717) is 11.2 Å². The highest BCUT2D eigenvalue weighted by atomic mass is 16.5. The first-order valence-electron chi connectivity index (χ1n) is 7.23. The molecule has 1 aromatic carbocycles. The molecule has 120 valence electrons. The molecule has 2 N–H and O–H groups in total. The lowest BCUT2D eigenvalue weighted by Gasteiger charge is -2.08. The Bertz CT molecular complexity index is 1090.